The van der Waals surface area contributed by atoms with Gasteiger partial charge in [-0.1, -0.05) is 0 Å². The van der Waals surface area contributed by atoms with Crippen molar-refractivity contribution >= 4 is 0 Å². The second-order valence-corrected chi connectivity index (χ2v) is 6.41. The molecule has 3 rings (SSSR count). The summed E-state index contributed by atoms with van der Waals surface area (Å²) in [5, 5.41) is 4.50. The summed E-state index contributed by atoms with van der Waals surface area (Å²) in [6.07, 6.45) is 4.28. The van der Waals surface area contributed by atoms with E-state index in [9.17, 15) is 0 Å². The maximum absolute atomic E-state index is 5.52. The molecule has 112 valence electrons. The normalized spacial score (nSPS) is 25.6. The summed E-state index contributed by atoms with van der Waals surface area (Å²) in [6, 6.07) is 2.85. The molecule has 3 heterocycles. The number of rotatable bonds is 3. The first-order chi connectivity index (χ1) is 9.72. The van der Waals surface area contributed by atoms with Crippen LogP contribution in [-0.4, -0.2) is 66.0 Å². The lowest BCUT2D eigenvalue weighted by Gasteiger charge is -2.35. The minimum Gasteiger partial charge on any atom is -0.381 e. The Morgan fingerprint density at radius 1 is 1.30 bits per heavy atom. The average molecular weight is 278 g/mol. The molecular weight excluding hydrogens is 252 g/mol. The number of hydrogen-bond acceptors (Lipinski definition) is 4. The van der Waals surface area contributed by atoms with Gasteiger partial charge in [0.15, 0.2) is 0 Å². The summed E-state index contributed by atoms with van der Waals surface area (Å²) in [4.78, 5) is 4.96. The maximum atomic E-state index is 5.52. The topological polar surface area (TPSA) is 33.5 Å². The van der Waals surface area contributed by atoms with E-state index in [1.54, 1.807) is 0 Å². The van der Waals surface area contributed by atoms with E-state index in [-0.39, 0.29) is 0 Å². The summed E-state index contributed by atoms with van der Waals surface area (Å²) < 4.78 is 7.72. The molecule has 1 aromatic rings. The minimum atomic E-state index is 0.647. The van der Waals surface area contributed by atoms with Crippen molar-refractivity contribution < 1.29 is 4.74 Å². The average Bonchev–Trinajstić information content (AvgIpc) is 2.78. The third-order valence-corrected chi connectivity index (χ3v) is 4.42. The number of hydrogen-bond donors (Lipinski definition) is 0. The third-order valence-electron chi connectivity index (χ3n) is 4.42. The van der Waals surface area contributed by atoms with Crippen LogP contribution in [0.15, 0.2) is 12.3 Å². The van der Waals surface area contributed by atoms with E-state index in [4.69, 9.17) is 4.74 Å². The van der Waals surface area contributed by atoms with Crippen LogP contribution in [0.4, 0.5) is 0 Å². The number of ether oxygens (including phenoxy) is 1. The highest BCUT2D eigenvalue weighted by molar-refractivity contribution is 5.03. The van der Waals surface area contributed by atoms with Gasteiger partial charge in [-0.2, -0.15) is 5.10 Å². The quantitative estimate of drug-likeness (QED) is 0.828. The summed E-state index contributed by atoms with van der Waals surface area (Å²) in [5.74, 6) is 0.647. The van der Waals surface area contributed by atoms with Crippen LogP contribution < -0.4 is 0 Å². The largest absolute Gasteiger partial charge is 0.381 e. The van der Waals surface area contributed by atoms with E-state index in [0.29, 0.717) is 12.0 Å². The van der Waals surface area contributed by atoms with Gasteiger partial charge in [-0.05, 0) is 33.0 Å². The van der Waals surface area contributed by atoms with Crippen molar-refractivity contribution in [2.45, 2.75) is 32.0 Å². The molecule has 0 spiro atoms. The molecule has 2 aliphatic rings. The molecule has 1 saturated heterocycles. The molecule has 20 heavy (non-hydrogen) atoms. The van der Waals surface area contributed by atoms with E-state index in [1.807, 2.05) is 6.20 Å². The predicted molar refractivity (Wildman–Crippen MR) is 78.5 cm³/mol. The molecule has 0 saturated carbocycles. The zero-order chi connectivity index (χ0) is 13.9. The molecule has 0 aliphatic carbocycles. The molecule has 5 nitrogen and oxygen atoms in total. The van der Waals surface area contributed by atoms with Gasteiger partial charge in [0.25, 0.3) is 0 Å². The van der Waals surface area contributed by atoms with Gasteiger partial charge in [-0.25, -0.2) is 0 Å². The molecule has 1 fully saturated rings. The Morgan fingerprint density at radius 3 is 2.85 bits per heavy atom. The second-order valence-electron chi connectivity index (χ2n) is 6.41. The molecule has 5 heteroatoms. The third kappa shape index (κ3) is 3.22. The Hall–Kier alpha value is -0.910. The Morgan fingerprint density at radius 2 is 2.10 bits per heavy atom. The fraction of sp³-hybridized carbons (Fsp3) is 0.800. The van der Waals surface area contributed by atoms with Gasteiger partial charge in [-0.15, -0.1) is 0 Å². The van der Waals surface area contributed by atoms with Crippen LogP contribution in [0.2, 0.25) is 0 Å². The van der Waals surface area contributed by atoms with E-state index in [0.717, 1.165) is 32.8 Å². The van der Waals surface area contributed by atoms with Crippen LogP contribution in [0, 0.1) is 5.92 Å². The molecule has 0 amide bonds. The SMILES string of the molecule is CN(C)C[C@@H]1CN(C2CCOCC2)Cc2ccnn2C1. The van der Waals surface area contributed by atoms with Gasteiger partial charge in [0.2, 0.25) is 0 Å². The van der Waals surface area contributed by atoms with Crippen molar-refractivity contribution in [3.8, 4) is 0 Å². The van der Waals surface area contributed by atoms with Gasteiger partial charge in [-0.3, -0.25) is 9.58 Å². The van der Waals surface area contributed by atoms with Gasteiger partial charge < -0.3 is 9.64 Å². The highest BCUT2D eigenvalue weighted by Gasteiger charge is 2.28. The van der Waals surface area contributed by atoms with E-state index >= 15 is 0 Å². The Labute approximate surface area is 121 Å². The number of fused-ring (bicyclic) bond motifs is 1. The lowest BCUT2D eigenvalue weighted by molar-refractivity contribution is 0.0250. The van der Waals surface area contributed by atoms with Gasteiger partial charge in [0.05, 0.1) is 5.69 Å². The fourth-order valence-corrected chi connectivity index (χ4v) is 3.53. The van der Waals surface area contributed by atoms with Crippen molar-refractivity contribution in [3.63, 3.8) is 0 Å². The first kappa shape index (κ1) is 14.0. The summed E-state index contributed by atoms with van der Waals surface area (Å²) >= 11 is 0. The first-order valence-corrected chi connectivity index (χ1v) is 7.69. The second kappa shape index (κ2) is 6.24. The number of aromatic nitrogens is 2. The molecule has 1 aromatic heterocycles. The number of nitrogens with zero attached hydrogens (tertiary/aromatic N) is 4. The fourth-order valence-electron chi connectivity index (χ4n) is 3.53. The highest BCUT2D eigenvalue weighted by atomic mass is 16.5. The molecule has 2 aliphatic heterocycles. The van der Waals surface area contributed by atoms with Crippen LogP contribution in [0.25, 0.3) is 0 Å². The van der Waals surface area contributed by atoms with E-state index in [1.165, 1.54) is 25.1 Å². The van der Waals surface area contributed by atoms with Crippen LogP contribution in [-0.2, 0) is 17.8 Å². The van der Waals surface area contributed by atoms with Gasteiger partial charge >= 0.3 is 0 Å². The Balaban J connectivity index is 1.76. The van der Waals surface area contributed by atoms with Crippen LogP contribution in [0.3, 0.4) is 0 Å². The first-order valence-electron chi connectivity index (χ1n) is 7.69. The Kier molecular flexibility index (Phi) is 4.38. The zero-order valence-corrected chi connectivity index (χ0v) is 12.7. The predicted octanol–water partition coefficient (Wildman–Crippen LogP) is 1.06. The highest BCUT2D eigenvalue weighted by Crippen LogP contribution is 2.23. The van der Waals surface area contributed by atoms with E-state index in [2.05, 4.69) is 39.7 Å². The van der Waals surface area contributed by atoms with Crippen molar-refractivity contribution in [3.05, 3.63) is 18.0 Å². The van der Waals surface area contributed by atoms with E-state index < -0.39 is 0 Å². The van der Waals surface area contributed by atoms with Crippen molar-refractivity contribution in [1.29, 1.82) is 0 Å². The minimum absolute atomic E-state index is 0.647. The van der Waals surface area contributed by atoms with Crippen LogP contribution >= 0.6 is 0 Å². The summed E-state index contributed by atoms with van der Waals surface area (Å²) in [6.45, 7) is 6.21. The maximum Gasteiger partial charge on any atom is 0.0524 e. The van der Waals surface area contributed by atoms with Crippen LogP contribution in [0.1, 0.15) is 18.5 Å². The summed E-state index contributed by atoms with van der Waals surface area (Å²) in [7, 11) is 4.32. The smallest absolute Gasteiger partial charge is 0.0524 e. The zero-order valence-electron chi connectivity index (χ0n) is 12.7. The van der Waals surface area contributed by atoms with Crippen molar-refractivity contribution in [2.24, 2.45) is 5.92 Å². The lowest BCUT2D eigenvalue weighted by Crippen LogP contribution is -2.42. The molecule has 0 aromatic carbocycles. The summed E-state index contributed by atoms with van der Waals surface area (Å²) in [5.41, 5.74) is 1.36. The van der Waals surface area contributed by atoms with Crippen LogP contribution in [0.5, 0.6) is 0 Å². The molecule has 0 bridgehead atoms. The molecule has 0 N–H and O–H groups in total. The van der Waals surface area contributed by atoms with Gasteiger partial charge in [0.1, 0.15) is 0 Å². The van der Waals surface area contributed by atoms with Crippen molar-refractivity contribution in [2.75, 3.05) is 40.4 Å². The standard InChI is InChI=1S/C15H26N4O/c1-17(2)9-13-10-18(14-4-7-20-8-5-14)12-15-3-6-16-19(15)11-13/h3,6,13-14H,4-5,7-12H2,1-2H3/t13-/m1/s1. The monoisotopic (exact) mass is 278 g/mol. The van der Waals surface area contributed by atoms with Crippen molar-refractivity contribution in [1.82, 2.24) is 19.6 Å². The molecule has 0 radical (unpaired) electrons. The molecular formula is C15H26N4O. The van der Waals surface area contributed by atoms with Gasteiger partial charge in [0, 0.05) is 57.5 Å². The lowest BCUT2D eigenvalue weighted by atomic mass is 10.0. The molecule has 0 unspecified atom stereocenters. The molecule has 1 atom stereocenters. The Bertz CT molecular complexity index is 425.